The Bertz CT molecular complexity index is 1600. The van der Waals surface area contributed by atoms with Crippen molar-refractivity contribution in [1.29, 1.82) is 0 Å². The first-order chi connectivity index (χ1) is 22.4. The number of aliphatic hydroxyl groups excluding tert-OH is 1. The third kappa shape index (κ3) is 9.21. The molecule has 0 radical (unpaired) electrons. The first kappa shape index (κ1) is 33.2. The minimum atomic E-state index is -0.606. The summed E-state index contributed by atoms with van der Waals surface area (Å²) < 4.78 is 14.7. The number of aromatic nitrogens is 4. The van der Waals surface area contributed by atoms with Gasteiger partial charge in [0.1, 0.15) is 0 Å². The minimum absolute atomic E-state index is 0.0176. The number of tetrazole rings is 1. The van der Waals surface area contributed by atoms with Crippen LogP contribution in [-0.4, -0.2) is 54.2 Å². The molecule has 12 nitrogen and oxygen atoms in total. The predicted molar refractivity (Wildman–Crippen MR) is 170 cm³/mol. The maximum absolute atomic E-state index is 12.3. The molecule has 3 aromatic carbocycles. The van der Waals surface area contributed by atoms with E-state index in [1.54, 1.807) is 17.2 Å². The van der Waals surface area contributed by atoms with Crippen LogP contribution in [0.5, 0.6) is 0 Å². The highest BCUT2D eigenvalue weighted by Gasteiger charge is 2.32. The number of unbranched alkanes of at least 4 members (excludes halogenated alkanes) is 1. The minimum Gasteiger partial charge on any atom is -0.392 e. The van der Waals surface area contributed by atoms with Crippen molar-refractivity contribution in [3.05, 3.63) is 95.1 Å². The zero-order valence-electron chi connectivity index (χ0n) is 25.5. The maximum atomic E-state index is 12.3. The molecule has 1 fully saturated rings. The molecular formula is C33H38N6O6S. The fourth-order valence-corrected chi connectivity index (χ4v) is 6.04. The molecule has 0 bridgehead atoms. The Labute approximate surface area is 271 Å². The zero-order chi connectivity index (χ0) is 32.3. The van der Waals surface area contributed by atoms with Gasteiger partial charge in [0.25, 0.3) is 0 Å². The number of rotatable bonds is 14. The smallest absolute Gasteiger partial charge is 0.243 e. The summed E-state index contributed by atoms with van der Waals surface area (Å²) in [5.41, 5.74) is 7.29. The van der Waals surface area contributed by atoms with E-state index in [4.69, 9.17) is 14.7 Å². The molecule has 0 spiro atoms. The number of aliphatic hydroxyl groups is 1. The number of thioether (sulfide) groups is 1. The lowest BCUT2D eigenvalue weighted by Crippen LogP contribution is -2.31. The number of amides is 2. The van der Waals surface area contributed by atoms with E-state index >= 15 is 0 Å². The molecule has 4 N–H and O–H groups in total. The van der Waals surface area contributed by atoms with Crippen LogP contribution in [0.15, 0.2) is 78.0 Å². The summed E-state index contributed by atoms with van der Waals surface area (Å²) >= 11 is 1.53. The first-order valence-electron chi connectivity index (χ1n) is 15.2. The Balaban J connectivity index is 1.26. The summed E-state index contributed by atoms with van der Waals surface area (Å²) in [5.74, 6) is 0.100. The van der Waals surface area contributed by atoms with Gasteiger partial charge in [-0.05, 0) is 63.2 Å². The Morgan fingerprint density at radius 2 is 1.67 bits per heavy atom. The van der Waals surface area contributed by atoms with E-state index in [-0.39, 0.29) is 31.1 Å². The Morgan fingerprint density at radius 3 is 2.39 bits per heavy atom. The number of aryl methyl sites for hydroxylation is 1. The van der Waals surface area contributed by atoms with Gasteiger partial charge in [-0.15, -0.1) is 5.10 Å². The fraction of sp³-hybridized carbons (Fsp3) is 0.364. The van der Waals surface area contributed by atoms with Crippen molar-refractivity contribution in [3.63, 3.8) is 0 Å². The van der Waals surface area contributed by atoms with Crippen LogP contribution < -0.4 is 10.8 Å². The fourth-order valence-electron chi connectivity index (χ4n) is 5.18. The van der Waals surface area contributed by atoms with Gasteiger partial charge in [-0.1, -0.05) is 72.4 Å². The Morgan fingerprint density at radius 1 is 0.935 bits per heavy atom. The molecule has 1 aliphatic heterocycles. The molecule has 1 aromatic heterocycles. The summed E-state index contributed by atoms with van der Waals surface area (Å²) in [4.78, 5) is 23.4. The second-order valence-corrected chi connectivity index (χ2v) is 12.1. The molecule has 3 atom stereocenters. The van der Waals surface area contributed by atoms with Gasteiger partial charge < -0.3 is 19.9 Å². The van der Waals surface area contributed by atoms with Gasteiger partial charge in [-0.3, -0.25) is 14.8 Å². The molecule has 0 saturated carbocycles. The molecule has 46 heavy (non-hydrogen) atoms. The van der Waals surface area contributed by atoms with Crippen molar-refractivity contribution in [1.82, 2.24) is 31.0 Å². The standard InChI is InChI=1S/C33H38N6O6S/c1-39-33(35-37-38-39)46-21-28-18-29(24-14-12-22(20-40)13-15-24)45-32(44-28)27-9-5-8-26(17-27)25-7-4-6-23(16-25)19-34-30(41)10-2-3-11-31(42)36-43/h4-9,12-17,28-29,32,40,43H,2-3,10-11,18-21H2,1H3,(H,34,41)(H,36,42). The van der Waals surface area contributed by atoms with E-state index in [1.807, 2.05) is 66.7 Å². The lowest BCUT2D eigenvalue weighted by Gasteiger charge is -2.36. The van der Waals surface area contributed by atoms with Crippen LogP contribution >= 0.6 is 11.8 Å². The summed E-state index contributed by atoms with van der Waals surface area (Å²) in [6.07, 6.45) is 1.27. The summed E-state index contributed by atoms with van der Waals surface area (Å²) in [6, 6.07) is 23.9. The van der Waals surface area contributed by atoms with Crippen LogP contribution in [0, 0.1) is 0 Å². The van der Waals surface area contributed by atoms with Gasteiger partial charge >= 0.3 is 0 Å². The number of hydrogen-bond donors (Lipinski definition) is 4. The highest BCUT2D eigenvalue weighted by molar-refractivity contribution is 7.99. The van der Waals surface area contributed by atoms with Gasteiger partial charge in [0.05, 0.1) is 18.8 Å². The number of benzene rings is 3. The summed E-state index contributed by atoms with van der Waals surface area (Å²) in [5, 5.41) is 33.5. The lowest BCUT2D eigenvalue weighted by atomic mass is 9.99. The molecule has 3 unspecified atom stereocenters. The average Bonchev–Trinajstić information content (AvgIpc) is 3.52. The summed E-state index contributed by atoms with van der Waals surface area (Å²) in [7, 11) is 1.81. The molecule has 5 rings (SSSR count). The molecule has 4 aromatic rings. The molecule has 1 saturated heterocycles. The number of nitrogens with zero attached hydrogens (tertiary/aromatic N) is 4. The molecule has 2 heterocycles. The van der Waals surface area contributed by atoms with Crippen molar-refractivity contribution in [2.24, 2.45) is 7.05 Å². The highest BCUT2D eigenvalue weighted by Crippen LogP contribution is 2.40. The van der Waals surface area contributed by atoms with E-state index in [2.05, 4.69) is 26.9 Å². The van der Waals surface area contributed by atoms with Crippen molar-refractivity contribution < 1.29 is 29.4 Å². The number of ether oxygens (including phenoxy) is 2. The van der Waals surface area contributed by atoms with Crippen molar-refractivity contribution >= 4 is 23.6 Å². The molecule has 1 aliphatic rings. The lowest BCUT2D eigenvalue weighted by molar-refractivity contribution is -0.245. The molecule has 0 aliphatic carbocycles. The third-order valence-electron chi connectivity index (χ3n) is 7.69. The van der Waals surface area contributed by atoms with Gasteiger partial charge in [-0.25, -0.2) is 10.2 Å². The van der Waals surface area contributed by atoms with Crippen molar-refractivity contribution in [3.8, 4) is 11.1 Å². The van der Waals surface area contributed by atoms with E-state index < -0.39 is 12.2 Å². The highest BCUT2D eigenvalue weighted by atomic mass is 32.2. The Hall–Kier alpha value is -4.14. The van der Waals surface area contributed by atoms with Crippen molar-refractivity contribution in [2.45, 2.75) is 68.9 Å². The van der Waals surface area contributed by atoms with E-state index in [1.165, 1.54) is 11.8 Å². The zero-order valence-corrected chi connectivity index (χ0v) is 26.4. The largest absolute Gasteiger partial charge is 0.392 e. The SMILES string of the molecule is Cn1nnnc1SCC1CC(c2ccc(CO)cc2)OC(c2cccc(-c3cccc(CNC(=O)CCCCC(=O)NO)c3)c2)O1. The van der Waals surface area contributed by atoms with Crippen LogP contribution in [0.4, 0.5) is 0 Å². The number of carbonyl (C=O) groups is 2. The predicted octanol–water partition coefficient (Wildman–Crippen LogP) is 4.39. The number of nitrogens with one attached hydrogen (secondary N) is 2. The third-order valence-corrected chi connectivity index (χ3v) is 8.83. The first-order valence-corrected chi connectivity index (χ1v) is 16.1. The number of hydrogen-bond acceptors (Lipinski definition) is 10. The quantitative estimate of drug-likeness (QED) is 0.0670. The van der Waals surface area contributed by atoms with Gasteiger partial charge in [0, 0.05) is 44.2 Å². The van der Waals surface area contributed by atoms with Crippen LogP contribution in [0.2, 0.25) is 0 Å². The van der Waals surface area contributed by atoms with Crippen LogP contribution in [0.3, 0.4) is 0 Å². The molecule has 242 valence electrons. The van der Waals surface area contributed by atoms with Gasteiger partial charge in [0.2, 0.25) is 17.0 Å². The molecule has 2 amide bonds. The monoisotopic (exact) mass is 646 g/mol. The van der Waals surface area contributed by atoms with Crippen LogP contribution in [0.25, 0.3) is 11.1 Å². The number of carbonyl (C=O) groups excluding carboxylic acids is 2. The maximum Gasteiger partial charge on any atom is 0.243 e. The van der Waals surface area contributed by atoms with E-state index in [9.17, 15) is 14.7 Å². The van der Waals surface area contributed by atoms with Gasteiger partial charge in [-0.2, -0.15) is 0 Å². The van der Waals surface area contributed by atoms with E-state index in [0.29, 0.717) is 43.1 Å². The van der Waals surface area contributed by atoms with E-state index in [0.717, 1.165) is 33.4 Å². The number of hydroxylamine groups is 1. The van der Waals surface area contributed by atoms with Crippen LogP contribution in [-0.2, 0) is 39.3 Å². The van der Waals surface area contributed by atoms with Gasteiger partial charge in [0.15, 0.2) is 6.29 Å². The molecule has 13 heteroatoms. The average molecular weight is 647 g/mol. The van der Waals surface area contributed by atoms with Crippen molar-refractivity contribution in [2.75, 3.05) is 5.75 Å². The van der Waals surface area contributed by atoms with Crippen LogP contribution in [0.1, 0.15) is 66.8 Å². The second-order valence-electron chi connectivity index (χ2n) is 11.1. The normalized spacial score (nSPS) is 17.8. The topological polar surface area (TPSA) is 161 Å². The summed E-state index contributed by atoms with van der Waals surface area (Å²) in [6.45, 7) is 0.367. The second kappa shape index (κ2) is 16.4. The Kier molecular flexibility index (Phi) is 11.9. The molecular weight excluding hydrogens is 608 g/mol.